The Morgan fingerprint density at radius 1 is 1.21 bits per heavy atom. The molecule has 0 spiro atoms. The third kappa shape index (κ3) is 3.31. The first-order valence-corrected chi connectivity index (χ1v) is 9.66. The molecule has 3 heterocycles. The predicted molar refractivity (Wildman–Crippen MR) is 104 cm³/mol. The van der Waals surface area contributed by atoms with Gasteiger partial charge in [0.2, 0.25) is 5.95 Å². The van der Waals surface area contributed by atoms with Crippen molar-refractivity contribution in [2.24, 2.45) is 0 Å². The summed E-state index contributed by atoms with van der Waals surface area (Å²) in [6.07, 6.45) is 4.28. The van der Waals surface area contributed by atoms with Gasteiger partial charge >= 0.3 is 5.97 Å². The van der Waals surface area contributed by atoms with E-state index in [0.29, 0.717) is 22.8 Å². The molecule has 0 atom stereocenters. The van der Waals surface area contributed by atoms with Crippen molar-refractivity contribution in [2.45, 2.75) is 28.8 Å². The van der Waals surface area contributed by atoms with Crippen molar-refractivity contribution in [2.75, 3.05) is 5.32 Å². The van der Waals surface area contributed by atoms with Gasteiger partial charge in [-0.15, -0.1) is 0 Å². The summed E-state index contributed by atoms with van der Waals surface area (Å²) in [6.45, 7) is 0. The van der Waals surface area contributed by atoms with E-state index in [1.165, 1.54) is 24.6 Å². The van der Waals surface area contributed by atoms with Gasteiger partial charge in [0, 0.05) is 28.8 Å². The van der Waals surface area contributed by atoms with Gasteiger partial charge in [-0.05, 0) is 54.9 Å². The Balaban J connectivity index is 1.46. The number of benzene rings is 1. The van der Waals surface area contributed by atoms with Crippen LogP contribution in [0.25, 0.3) is 5.65 Å². The average Bonchev–Trinajstić information content (AvgIpc) is 3.23. The molecule has 1 aliphatic rings. The highest BCUT2D eigenvalue weighted by molar-refractivity contribution is 7.99. The minimum absolute atomic E-state index is 0.233. The van der Waals surface area contributed by atoms with Crippen LogP contribution in [-0.4, -0.2) is 35.6 Å². The van der Waals surface area contributed by atoms with Crippen molar-refractivity contribution in [1.82, 2.24) is 24.6 Å². The number of hydrogen-bond acceptors (Lipinski definition) is 6. The number of carbonyl (C=O) groups is 1. The largest absolute Gasteiger partial charge is 0.478 e. The number of hydrogen-bond donors (Lipinski definition) is 3. The minimum Gasteiger partial charge on any atom is -0.478 e. The molecular weight excluding hydrogens is 376 g/mol. The number of fused-ring (bicyclic) bond motifs is 1. The molecule has 3 N–H and O–H groups in total. The molecule has 1 aromatic carbocycles. The van der Waals surface area contributed by atoms with Crippen LogP contribution in [0.4, 0.5) is 11.8 Å². The third-order valence-corrected chi connectivity index (χ3v) is 5.37. The Labute approximate surface area is 164 Å². The van der Waals surface area contributed by atoms with Crippen molar-refractivity contribution in [3.63, 3.8) is 0 Å². The molecule has 0 aliphatic heterocycles. The molecule has 1 aliphatic carbocycles. The van der Waals surface area contributed by atoms with E-state index < -0.39 is 5.97 Å². The number of aromatic amines is 1. The van der Waals surface area contributed by atoms with Crippen molar-refractivity contribution in [1.29, 1.82) is 0 Å². The molecule has 5 rings (SSSR count). The number of aromatic nitrogens is 5. The van der Waals surface area contributed by atoms with Crippen molar-refractivity contribution < 1.29 is 9.90 Å². The first kappa shape index (κ1) is 16.8. The Hall–Kier alpha value is -3.33. The van der Waals surface area contributed by atoms with E-state index in [0.717, 1.165) is 16.2 Å². The van der Waals surface area contributed by atoms with Gasteiger partial charge in [-0.2, -0.15) is 10.1 Å². The molecule has 4 aromatic rings. The van der Waals surface area contributed by atoms with E-state index in [1.807, 2.05) is 34.9 Å². The molecule has 0 saturated heterocycles. The highest BCUT2D eigenvalue weighted by Crippen LogP contribution is 2.39. The molecule has 140 valence electrons. The van der Waals surface area contributed by atoms with Gasteiger partial charge in [0.15, 0.2) is 11.0 Å². The van der Waals surface area contributed by atoms with Crippen LogP contribution in [0, 0.1) is 0 Å². The number of carboxylic acid groups (broad SMARTS) is 1. The molecule has 0 amide bonds. The van der Waals surface area contributed by atoms with Crippen LogP contribution < -0.4 is 5.32 Å². The summed E-state index contributed by atoms with van der Waals surface area (Å²) >= 11 is 1.32. The molecule has 28 heavy (non-hydrogen) atoms. The second-order valence-corrected chi connectivity index (χ2v) is 7.65. The fraction of sp³-hybridized carbons (Fsp3) is 0.158. The van der Waals surface area contributed by atoms with Gasteiger partial charge in [-0.3, -0.25) is 9.50 Å². The van der Waals surface area contributed by atoms with Crippen LogP contribution in [0.15, 0.2) is 58.7 Å². The first-order chi connectivity index (χ1) is 13.7. The first-order valence-electron chi connectivity index (χ1n) is 8.84. The number of rotatable bonds is 6. The molecule has 0 bridgehead atoms. The Morgan fingerprint density at radius 3 is 2.93 bits per heavy atom. The second-order valence-electron chi connectivity index (χ2n) is 6.61. The Morgan fingerprint density at radius 2 is 2.11 bits per heavy atom. The lowest BCUT2D eigenvalue weighted by Crippen LogP contribution is -2.04. The lowest BCUT2D eigenvalue weighted by molar-refractivity contribution is 0.0696. The Kier molecular flexibility index (Phi) is 4.01. The second kappa shape index (κ2) is 6.68. The highest BCUT2D eigenvalue weighted by atomic mass is 32.2. The van der Waals surface area contributed by atoms with E-state index >= 15 is 0 Å². The summed E-state index contributed by atoms with van der Waals surface area (Å²) in [5.74, 6) is 0.936. The molecule has 9 heteroatoms. The van der Waals surface area contributed by atoms with Gasteiger partial charge in [0.25, 0.3) is 0 Å². The van der Waals surface area contributed by atoms with Gasteiger partial charge in [-0.1, -0.05) is 6.07 Å². The summed E-state index contributed by atoms with van der Waals surface area (Å²) in [4.78, 5) is 21.1. The number of carboxylic acids is 1. The molecule has 3 aromatic heterocycles. The van der Waals surface area contributed by atoms with Crippen LogP contribution in [0.1, 0.15) is 34.8 Å². The van der Waals surface area contributed by atoms with E-state index in [2.05, 4.69) is 25.5 Å². The van der Waals surface area contributed by atoms with Gasteiger partial charge in [-0.25, -0.2) is 9.78 Å². The maximum atomic E-state index is 11.2. The lowest BCUT2D eigenvalue weighted by Gasteiger charge is -2.08. The zero-order valence-corrected chi connectivity index (χ0v) is 15.5. The molecule has 0 radical (unpaired) electrons. The quantitative estimate of drug-likeness (QED) is 0.456. The zero-order valence-electron chi connectivity index (χ0n) is 14.7. The summed E-state index contributed by atoms with van der Waals surface area (Å²) in [5, 5.41) is 20.4. The molecule has 0 unspecified atom stereocenters. The van der Waals surface area contributed by atoms with E-state index in [9.17, 15) is 9.90 Å². The highest BCUT2D eigenvalue weighted by Gasteiger charge is 2.25. The molecular formula is C19H16N6O2S. The number of aromatic carboxylic acids is 1. The van der Waals surface area contributed by atoms with Crippen LogP contribution in [0.3, 0.4) is 0 Å². The van der Waals surface area contributed by atoms with Gasteiger partial charge < -0.3 is 10.4 Å². The topological polar surface area (TPSA) is 108 Å². The van der Waals surface area contributed by atoms with Gasteiger partial charge in [0.05, 0.1) is 5.56 Å². The SMILES string of the molecule is O=C(O)c1cccc(Sc2nc(Nc3cc(C4CC4)[nH]n3)n3cccc3n2)c1. The third-order valence-electron chi connectivity index (χ3n) is 4.51. The van der Waals surface area contributed by atoms with E-state index in [4.69, 9.17) is 0 Å². The smallest absolute Gasteiger partial charge is 0.335 e. The zero-order chi connectivity index (χ0) is 19.1. The lowest BCUT2D eigenvalue weighted by atomic mass is 10.2. The predicted octanol–water partition coefficient (Wildman–Crippen LogP) is 3.92. The van der Waals surface area contributed by atoms with E-state index in [-0.39, 0.29) is 5.56 Å². The molecule has 1 saturated carbocycles. The number of anilines is 2. The summed E-state index contributed by atoms with van der Waals surface area (Å²) < 4.78 is 1.85. The maximum Gasteiger partial charge on any atom is 0.335 e. The van der Waals surface area contributed by atoms with Crippen molar-refractivity contribution in [3.8, 4) is 0 Å². The van der Waals surface area contributed by atoms with E-state index in [1.54, 1.807) is 18.2 Å². The molecule has 1 fully saturated rings. The standard InChI is InChI=1S/C19H16N6O2S/c26-17(27)12-3-1-4-13(9-12)28-19-21-16-5-2-8-25(16)18(22-19)20-15-10-14(23-24-15)11-6-7-11/h1-5,8-11H,6-7H2,(H,26,27)(H2,20,21,22,23,24). The van der Waals surface area contributed by atoms with Crippen LogP contribution in [0.2, 0.25) is 0 Å². The van der Waals surface area contributed by atoms with Crippen LogP contribution in [-0.2, 0) is 0 Å². The monoisotopic (exact) mass is 392 g/mol. The fourth-order valence-electron chi connectivity index (χ4n) is 2.96. The van der Waals surface area contributed by atoms with Crippen LogP contribution >= 0.6 is 11.8 Å². The van der Waals surface area contributed by atoms with Crippen LogP contribution in [0.5, 0.6) is 0 Å². The number of nitrogens with zero attached hydrogens (tertiary/aromatic N) is 4. The summed E-state index contributed by atoms with van der Waals surface area (Å²) in [5.41, 5.74) is 2.11. The summed E-state index contributed by atoms with van der Waals surface area (Å²) in [6, 6.07) is 12.5. The van der Waals surface area contributed by atoms with Crippen molar-refractivity contribution >= 4 is 35.1 Å². The maximum absolute atomic E-state index is 11.2. The molecule has 8 nitrogen and oxygen atoms in total. The van der Waals surface area contributed by atoms with Gasteiger partial charge in [0.1, 0.15) is 5.65 Å². The normalized spacial score (nSPS) is 13.7. The number of H-pyrrole nitrogens is 1. The van der Waals surface area contributed by atoms with Crippen molar-refractivity contribution in [3.05, 3.63) is 59.9 Å². The number of nitrogens with one attached hydrogen (secondary N) is 2. The summed E-state index contributed by atoms with van der Waals surface area (Å²) in [7, 11) is 0. The average molecular weight is 392 g/mol. The Bertz CT molecular complexity index is 1180. The minimum atomic E-state index is -0.960. The fourth-order valence-corrected chi connectivity index (χ4v) is 3.77.